The van der Waals surface area contributed by atoms with Crippen molar-refractivity contribution in [3.8, 4) is 0 Å². The van der Waals surface area contributed by atoms with Crippen molar-refractivity contribution >= 4 is 16.9 Å². The molecule has 1 unspecified atom stereocenters. The molecule has 92 valence electrons. The number of amidine groups is 1. The SMILES string of the molecule is CC(C)CC1CN=C(NC2CCOCC2)S1. The molecule has 2 rings (SSSR count). The highest BCUT2D eigenvalue weighted by atomic mass is 32.2. The van der Waals surface area contributed by atoms with Crippen molar-refractivity contribution in [1.29, 1.82) is 0 Å². The van der Waals surface area contributed by atoms with E-state index in [-0.39, 0.29) is 0 Å². The number of nitrogens with one attached hydrogen (secondary N) is 1. The number of ether oxygens (including phenoxy) is 1. The molecule has 0 aromatic heterocycles. The molecule has 1 saturated heterocycles. The van der Waals surface area contributed by atoms with Gasteiger partial charge in [0.2, 0.25) is 0 Å². The van der Waals surface area contributed by atoms with Gasteiger partial charge >= 0.3 is 0 Å². The van der Waals surface area contributed by atoms with Crippen molar-refractivity contribution in [2.75, 3.05) is 19.8 Å². The zero-order chi connectivity index (χ0) is 11.4. The van der Waals surface area contributed by atoms with Crippen LogP contribution in [0.1, 0.15) is 33.1 Å². The van der Waals surface area contributed by atoms with E-state index in [2.05, 4.69) is 24.2 Å². The van der Waals surface area contributed by atoms with Crippen LogP contribution in [0, 0.1) is 5.92 Å². The van der Waals surface area contributed by atoms with Crippen molar-refractivity contribution in [3.05, 3.63) is 0 Å². The van der Waals surface area contributed by atoms with Crippen molar-refractivity contribution in [3.63, 3.8) is 0 Å². The van der Waals surface area contributed by atoms with Gasteiger partial charge in [0, 0.05) is 24.5 Å². The normalized spacial score (nSPS) is 27.2. The first-order chi connectivity index (χ1) is 7.74. The maximum Gasteiger partial charge on any atom is 0.157 e. The Morgan fingerprint density at radius 3 is 2.88 bits per heavy atom. The smallest absolute Gasteiger partial charge is 0.157 e. The summed E-state index contributed by atoms with van der Waals surface area (Å²) in [6.07, 6.45) is 3.51. The maximum atomic E-state index is 5.35. The van der Waals surface area contributed by atoms with Crippen molar-refractivity contribution < 1.29 is 4.74 Å². The molecule has 1 fully saturated rings. The fraction of sp³-hybridized carbons (Fsp3) is 0.917. The van der Waals surface area contributed by atoms with E-state index in [4.69, 9.17) is 4.74 Å². The Kier molecular flexibility index (Phi) is 4.53. The second-order valence-electron chi connectivity index (χ2n) is 5.05. The van der Waals surface area contributed by atoms with Gasteiger partial charge in [-0.25, -0.2) is 0 Å². The van der Waals surface area contributed by atoms with Gasteiger partial charge in [-0.05, 0) is 25.2 Å². The first-order valence-electron chi connectivity index (χ1n) is 6.29. The molecule has 2 heterocycles. The van der Waals surface area contributed by atoms with Gasteiger partial charge in [-0.3, -0.25) is 4.99 Å². The topological polar surface area (TPSA) is 33.6 Å². The molecule has 0 amide bonds. The maximum absolute atomic E-state index is 5.35. The van der Waals surface area contributed by atoms with E-state index >= 15 is 0 Å². The summed E-state index contributed by atoms with van der Waals surface area (Å²) in [6.45, 7) is 7.35. The predicted octanol–water partition coefficient (Wildman–Crippen LogP) is 2.27. The lowest BCUT2D eigenvalue weighted by molar-refractivity contribution is 0.0826. The van der Waals surface area contributed by atoms with Crippen LogP contribution in [-0.2, 0) is 4.74 Å². The van der Waals surface area contributed by atoms with Gasteiger partial charge in [-0.15, -0.1) is 0 Å². The fourth-order valence-corrected chi connectivity index (χ4v) is 3.49. The summed E-state index contributed by atoms with van der Waals surface area (Å²) in [6, 6.07) is 0.581. The highest BCUT2D eigenvalue weighted by molar-refractivity contribution is 8.14. The number of nitrogens with zero attached hydrogens (tertiary/aromatic N) is 1. The summed E-state index contributed by atoms with van der Waals surface area (Å²) in [5.74, 6) is 0.773. The second kappa shape index (κ2) is 5.92. The molecule has 0 aliphatic carbocycles. The number of hydrogen-bond acceptors (Lipinski definition) is 4. The van der Waals surface area contributed by atoms with Crippen LogP contribution in [0.15, 0.2) is 4.99 Å². The van der Waals surface area contributed by atoms with Gasteiger partial charge < -0.3 is 10.1 Å². The van der Waals surface area contributed by atoms with Gasteiger partial charge in [-0.1, -0.05) is 25.6 Å². The lowest BCUT2D eigenvalue weighted by Crippen LogP contribution is -2.37. The average Bonchev–Trinajstić information content (AvgIpc) is 2.66. The average molecular weight is 242 g/mol. The molecule has 0 radical (unpaired) electrons. The molecule has 16 heavy (non-hydrogen) atoms. The van der Waals surface area contributed by atoms with E-state index in [1.165, 1.54) is 6.42 Å². The zero-order valence-corrected chi connectivity index (χ0v) is 11.1. The van der Waals surface area contributed by atoms with Crippen LogP contribution in [0.3, 0.4) is 0 Å². The van der Waals surface area contributed by atoms with Crippen LogP contribution in [0.25, 0.3) is 0 Å². The van der Waals surface area contributed by atoms with E-state index in [0.717, 1.165) is 43.7 Å². The Labute approximate surface area is 102 Å². The lowest BCUT2D eigenvalue weighted by atomic mass is 10.1. The monoisotopic (exact) mass is 242 g/mol. The van der Waals surface area contributed by atoms with Crippen molar-refractivity contribution in [2.45, 2.75) is 44.4 Å². The lowest BCUT2D eigenvalue weighted by Gasteiger charge is -2.23. The second-order valence-corrected chi connectivity index (χ2v) is 6.34. The summed E-state index contributed by atoms with van der Waals surface area (Å²) in [5.41, 5.74) is 0. The zero-order valence-electron chi connectivity index (χ0n) is 10.2. The summed E-state index contributed by atoms with van der Waals surface area (Å²) in [4.78, 5) is 4.59. The van der Waals surface area contributed by atoms with Crippen molar-refractivity contribution in [1.82, 2.24) is 5.32 Å². The van der Waals surface area contributed by atoms with Crippen molar-refractivity contribution in [2.24, 2.45) is 10.9 Å². The minimum atomic E-state index is 0.581. The number of rotatable bonds is 3. The van der Waals surface area contributed by atoms with E-state index in [1.54, 1.807) is 0 Å². The summed E-state index contributed by atoms with van der Waals surface area (Å²) in [7, 11) is 0. The highest BCUT2D eigenvalue weighted by Gasteiger charge is 2.23. The fourth-order valence-electron chi connectivity index (χ4n) is 2.16. The Hall–Kier alpha value is -0.220. The predicted molar refractivity (Wildman–Crippen MR) is 70.1 cm³/mol. The molecule has 1 N–H and O–H groups in total. The van der Waals surface area contributed by atoms with Crippen LogP contribution in [0.4, 0.5) is 0 Å². The molecule has 4 heteroatoms. The third-order valence-corrected chi connectivity index (χ3v) is 4.15. The molecule has 2 aliphatic rings. The molecule has 0 saturated carbocycles. The van der Waals surface area contributed by atoms with Crippen LogP contribution in [-0.4, -0.2) is 36.2 Å². The minimum Gasteiger partial charge on any atom is -0.381 e. The minimum absolute atomic E-state index is 0.581. The van der Waals surface area contributed by atoms with Gasteiger partial charge in [-0.2, -0.15) is 0 Å². The Morgan fingerprint density at radius 2 is 2.19 bits per heavy atom. The van der Waals surface area contributed by atoms with Gasteiger partial charge in [0.1, 0.15) is 0 Å². The van der Waals surface area contributed by atoms with Gasteiger partial charge in [0.05, 0.1) is 6.54 Å². The van der Waals surface area contributed by atoms with Crippen LogP contribution < -0.4 is 5.32 Å². The first kappa shape index (κ1) is 12.2. The molecule has 0 aromatic carbocycles. The summed E-state index contributed by atoms with van der Waals surface area (Å²) >= 11 is 1.93. The molecule has 0 aromatic rings. The van der Waals surface area contributed by atoms with E-state index < -0.39 is 0 Å². The molecule has 2 aliphatic heterocycles. The first-order valence-corrected chi connectivity index (χ1v) is 7.17. The Bertz CT molecular complexity index is 249. The Balaban J connectivity index is 1.71. The number of hydrogen-bond donors (Lipinski definition) is 1. The largest absolute Gasteiger partial charge is 0.381 e. The number of thioether (sulfide) groups is 1. The third kappa shape index (κ3) is 3.67. The van der Waals surface area contributed by atoms with E-state index in [1.807, 2.05) is 11.8 Å². The van der Waals surface area contributed by atoms with E-state index in [0.29, 0.717) is 11.3 Å². The molecular weight excluding hydrogens is 220 g/mol. The molecule has 0 bridgehead atoms. The van der Waals surface area contributed by atoms with Crippen LogP contribution in [0.2, 0.25) is 0 Å². The quantitative estimate of drug-likeness (QED) is 0.824. The molecular formula is C12H22N2OS. The van der Waals surface area contributed by atoms with Crippen LogP contribution >= 0.6 is 11.8 Å². The standard InChI is InChI=1S/C12H22N2OS/c1-9(2)7-11-8-13-12(16-11)14-10-3-5-15-6-4-10/h9-11H,3-8H2,1-2H3,(H,13,14). The van der Waals surface area contributed by atoms with Gasteiger partial charge in [0.25, 0.3) is 0 Å². The van der Waals surface area contributed by atoms with Gasteiger partial charge in [0.15, 0.2) is 5.17 Å². The third-order valence-electron chi connectivity index (χ3n) is 3.00. The van der Waals surface area contributed by atoms with Crippen LogP contribution in [0.5, 0.6) is 0 Å². The number of aliphatic imine (C=N–C) groups is 1. The molecule has 3 nitrogen and oxygen atoms in total. The molecule has 1 atom stereocenters. The molecule has 0 spiro atoms. The van der Waals surface area contributed by atoms with E-state index in [9.17, 15) is 0 Å². The highest BCUT2D eigenvalue weighted by Crippen LogP contribution is 2.26. The Morgan fingerprint density at radius 1 is 1.44 bits per heavy atom. The summed E-state index contributed by atoms with van der Waals surface area (Å²) < 4.78 is 5.35. The summed E-state index contributed by atoms with van der Waals surface area (Å²) in [5, 5.41) is 5.41.